The van der Waals surface area contributed by atoms with Crippen molar-refractivity contribution < 1.29 is 4.79 Å². The molecule has 0 aliphatic rings. The predicted molar refractivity (Wildman–Crippen MR) is 74.5 cm³/mol. The first kappa shape index (κ1) is 13.4. The Balaban J connectivity index is 2.39. The molecule has 0 unspecified atom stereocenters. The van der Waals surface area contributed by atoms with Crippen molar-refractivity contribution in [1.82, 2.24) is 10.6 Å². The highest BCUT2D eigenvalue weighted by molar-refractivity contribution is 7.80. The van der Waals surface area contributed by atoms with Gasteiger partial charge in [0.1, 0.15) is 0 Å². The van der Waals surface area contributed by atoms with E-state index in [0.29, 0.717) is 5.11 Å². The summed E-state index contributed by atoms with van der Waals surface area (Å²) in [5.41, 5.74) is 0.982. The maximum Gasteiger partial charge on any atom is 0.250 e. The van der Waals surface area contributed by atoms with Gasteiger partial charge in [0.15, 0.2) is 5.11 Å². The summed E-state index contributed by atoms with van der Waals surface area (Å²) in [5.74, 6) is -0.220. The van der Waals surface area contributed by atoms with Crippen molar-refractivity contribution >= 4 is 29.3 Å². The Kier molecular flexibility index (Phi) is 5.96. The smallest absolute Gasteiger partial charge is 0.250 e. The van der Waals surface area contributed by atoms with Crippen LogP contribution in [0.3, 0.4) is 0 Å². The van der Waals surface area contributed by atoms with Gasteiger partial charge in [-0.3, -0.25) is 10.1 Å². The Bertz CT molecular complexity index is 401. The van der Waals surface area contributed by atoms with Gasteiger partial charge in [-0.1, -0.05) is 37.3 Å². The summed E-state index contributed by atoms with van der Waals surface area (Å²) in [6, 6.07) is 9.63. The maximum absolute atomic E-state index is 11.5. The van der Waals surface area contributed by atoms with Gasteiger partial charge in [0, 0.05) is 12.6 Å². The van der Waals surface area contributed by atoms with E-state index < -0.39 is 0 Å². The van der Waals surface area contributed by atoms with E-state index in [4.69, 9.17) is 12.2 Å². The number of benzene rings is 1. The Morgan fingerprint density at radius 1 is 1.35 bits per heavy atom. The molecule has 0 bridgehead atoms. The molecule has 0 spiro atoms. The fourth-order valence-electron chi connectivity index (χ4n) is 1.17. The third-order valence-electron chi connectivity index (χ3n) is 2.00. The summed E-state index contributed by atoms with van der Waals surface area (Å²) in [6.45, 7) is 2.80. The molecule has 4 heteroatoms. The zero-order valence-corrected chi connectivity index (χ0v) is 10.6. The van der Waals surface area contributed by atoms with Gasteiger partial charge in [-0.25, -0.2) is 0 Å². The predicted octanol–water partition coefficient (Wildman–Crippen LogP) is 2.10. The molecule has 3 nitrogen and oxygen atoms in total. The van der Waals surface area contributed by atoms with Crippen molar-refractivity contribution in [2.75, 3.05) is 6.54 Å². The molecule has 0 radical (unpaired) electrons. The number of rotatable bonds is 4. The highest BCUT2D eigenvalue weighted by atomic mass is 32.1. The topological polar surface area (TPSA) is 41.1 Å². The van der Waals surface area contributed by atoms with Crippen LogP contribution in [0.1, 0.15) is 18.9 Å². The van der Waals surface area contributed by atoms with Crippen LogP contribution in [0.5, 0.6) is 0 Å². The highest BCUT2D eigenvalue weighted by Gasteiger charge is 1.98. The molecular weight excluding hydrogens is 232 g/mol. The second-order valence-corrected chi connectivity index (χ2v) is 3.90. The number of nitrogens with one attached hydrogen (secondary N) is 2. The van der Waals surface area contributed by atoms with E-state index >= 15 is 0 Å². The van der Waals surface area contributed by atoms with Crippen molar-refractivity contribution in [3.8, 4) is 0 Å². The van der Waals surface area contributed by atoms with Crippen molar-refractivity contribution in [2.45, 2.75) is 13.3 Å². The van der Waals surface area contributed by atoms with Crippen molar-refractivity contribution in [2.24, 2.45) is 0 Å². The molecule has 0 heterocycles. The Hall–Kier alpha value is -1.68. The Morgan fingerprint density at radius 3 is 2.71 bits per heavy atom. The van der Waals surface area contributed by atoms with Gasteiger partial charge in [-0.2, -0.15) is 0 Å². The molecule has 90 valence electrons. The van der Waals surface area contributed by atoms with E-state index in [9.17, 15) is 4.79 Å². The minimum atomic E-state index is -0.220. The molecule has 2 N–H and O–H groups in total. The Morgan fingerprint density at radius 2 is 2.06 bits per heavy atom. The lowest BCUT2D eigenvalue weighted by Crippen LogP contribution is -2.38. The van der Waals surface area contributed by atoms with Gasteiger partial charge in [0.2, 0.25) is 5.91 Å². The first-order valence-corrected chi connectivity index (χ1v) is 5.95. The third kappa shape index (κ3) is 5.82. The molecule has 0 saturated carbocycles. The summed E-state index contributed by atoms with van der Waals surface area (Å²) in [6.07, 6.45) is 4.18. The molecule has 1 aromatic rings. The number of hydrogen-bond acceptors (Lipinski definition) is 2. The van der Waals surface area contributed by atoms with Gasteiger partial charge >= 0.3 is 0 Å². The highest BCUT2D eigenvalue weighted by Crippen LogP contribution is 2.00. The van der Waals surface area contributed by atoms with Crippen LogP contribution in [-0.2, 0) is 4.79 Å². The van der Waals surface area contributed by atoms with Gasteiger partial charge in [-0.05, 0) is 30.3 Å². The molecule has 1 rings (SSSR count). The zero-order valence-electron chi connectivity index (χ0n) is 9.77. The normalized spacial score (nSPS) is 10.2. The number of carbonyl (C=O) groups excluding carboxylic acids is 1. The van der Waals surface area contributed by atoms with Crippen LogP contribution in [0.2, 0.25) is 0 Å². The first-order valence-electron chi connectivity index (χ1n) is 5.54. The standard InChI is InChI=1S/C13H16N2OS/c1-2-10-14-13(17)15-12(16)9-8-11-6-4-3-5-7-11/h3-9H,2,10H2,1H3,(H2,14,15,16,17). The molecule has 0 atom stereocenters. The fourth-order valence-corrected chi connectivity index (χ4v) is 1.38. The monoisotopic (exact) mass is 248 g/mol. The lowest BCUT2D eigenvalue weighted by Gasteiger charge is -2.05. The van der Waals surface area contributed by atoms with E-state index in [1.807, 2.05) is 37.3 Å². The summed E-state index contributed by atoms with van der Waals surface area (Å²) in [7, 11) is 0. The summed E-state index contributed by atoms with van der Waals surface area (Å²) in [5, 5.41) is 5.88. The number of thiocarbonyl (C=S) groups is 1. The van der Waals surface area contributed by atoms with E-state index in [1.165, 1.54) is 6.08 Å². The fraction of sp³-hybridized carbons (Fsp3) is 0.231. The molecule has 17 heavy (non-hydrogen) atoms. The first-order chi connectivity index (χ1) is 8.22. The molecule has 0 aliphatic heterocycles. The molecule has 1 aromatic carbocycles. The number of hydrogen-bond donors (Lipinski definition) is 2. The molecule has 0 saturated heterocycles. The van der Waals surface area contributed by atoms with Crippen LogP contribution in [0.25, 0.3) is 6.08 Å². The Labute approximate surface area is 107 Å². The van der Waals surface area contributed by atoms with Crippen LogP contribution in [0, 0.1) is 0 Å². The molecule has 1 amide bonds. The SMILES string of the molecule is CCCNC(=S)NC(=O)C=Cc1ccccc1. The number of carbonyl (C=O) groups is 1. The van der Waals surface area contributed by atoms with Crippen molar-refractivity contribution in [3.05, 3.63) is 42.0 Å². The van der Waals surface area contributed by atoms with E-state index in [0.717, 1.165) is 18.5 Å². The molecule has 0 aromatic heterocycles. The quantitative estimate of drug-likeness (QED) is 0.633. The maximum atomic E-state index is 11.5. The second-order valence-electron chi connectivity index (χ2n) is 3.49. The molecule has 0 fully saturated rings. The van der Waals surface area contributed by atoms with Crippen molar-refractivity contribution in [3.63, 3.8) is 0 Å². The van der Waals surface area contributed by atoms with Crippen molar-refractivity contribution in [1.29, 1.82) is 0 Å². The lowest BCUT2D eigenvalue weighted by atomic mass is 10.2. The zero-order chi connectivity index (χ0) is 12.5. The van der Waals surface area contributed by atoms with Crippen LogP contribution < -0.4 is 10.6 Å². The van der Waals surface area contributed by atoms with Crippen LogP contribution in [-0.4, -0.2) is 17.6 Å². The second kappa shape index (κ2) is 7.57. The van der Waals surface area contributed by atoms with Gasteiger partial charge in [0.05, 0.1) is 0 Å². The van der Waals surface area contributed by atoms with E-state index in [2.05, 4.69) is 10.6 Å². The average molecular weight is 248 g/mol. The van der Waals surface area contributed by atoms with E-state index in [-0.39, 0.29) is 5.91 Å². The molecular formula is C13H16N2OS. The van der Waals surface area contributed by atoms with Crippen LogP contribution in [0.4, 0.5) is 0 Å². The summed E-state index contributed by atoms with van der Waals surface area (Å²) in [4.78, 5) is 11.5. The van der Waals surface area contributed by atoms with Crippen LogP contribution >= 0.6 is 12.2 Å². The third-order valence-corrected chi connectivity index (χ3v) is 2.25. The minimum Gasteiger partial charge on any atom is -0.362 e. The summed E-state index contributed by atoms with van der Waals surface area (Å²) < 4.78 is 0. The van der Waals surface area contributed by atoms with Gasteiger partial charge in [0.25, 0.3) is 0 Å². The van der Waals surface area contributed by atoms with E-state index in [1.54, 1.807) is 6.08 Å². The van der Waals surface area contributed by atoms with Gasteiger partial charge < -0.3 is 5.32 Å². The largest absolute Gasteiger partial charge is 0.362 e. The average Bonchev–Trinajstić information content (AvgIpc) is 2.35. The number of amides is 1. The minimum absolute atomic E-state index is 0.220. The van der Waals surface area contributed by atoms with Gasteiger partial charge in [-0.15, -0.1) is 0 Å². The van der Waals surface area contributed by atoms with Crippen LogP contribution in [0.15, 0.2) is 36.4 Å². The molecule has 0 aliphatic carbocycles. The lowest BCUT2D eigenvalue weighted by molar-refractivity contribution is -0.115. The summed E-state index contributed by atoms with van der Waals surface area (Å²) >= 11 is 4.95.